The number of nitrogen functional groups attached to an aromatic ring is 1. The molecule has 16 heavy (non-hydrogen) atoms. The summed E-state index contributed by atoms with van der Waals surface area (Å²) < 4.78 is 37.7. The van der Waals surface area contributed by atoms with Crippen LogP contribution in [0.1, 0.15) is 15.9 Å². The van der Waals surface area contributed by atoms with E-state index in [0.29, 0.717) is 0 Å². The van der Waals surface area contributed by atoms with E-state index in [1.807, 2.05) is 5.43 Å². The maximum Gasteiger partial charge on any atom is 0.418 e. The van der Waals surface area contributed by atoms with E-state index in [1.54, 1.807) is 0 Å². The van der Waals surface area contributed by atoms with Crippen molar-refractivity contribution in [1.29, 1.82) is 0 Å². The zero-order chi connectivity index (χ0) is 12.5. The molecule has 1 rings (SSSR count). The third-order valence-corrected chi connectivity index (χ3v) is 2.20. The van der Waals surface area contributed by atoms with Crippen LogP contribution in [-0.4, -0.2) is 11.1 Å². The summed E-state index contributed by atoms with van der Waals surface area (Å²) in [6, 6.07) is 1.84. The first-order valence-corrected chi connectivity index (χ1v) is 4.26. The lowest BCUT2D eigenvalue weighted by molar-refractivity contribution is -0.137. The van der Waals surface area contributed by atoms with Gasteiger partial charge in [0, 0.05) is 0 Å². The van der Waals surface area contributed by atoms with Gasteiger partial charge < -0.3 is 10.5 Å². The van der Waals surface area contributed by atoms with Crippen molar-refractivity contribution in [3.8, 4) is 0 Å². The minimum Gasteiger partial charge on any atom is -0.478 e. The molecule has 1 aromatic rings. The quantitative estimate of drug-likeness (QED) is 0.559. The van der Waals surface area contributed by atoms with Crippen molar-refractivity contribution < 1.29 is 23.1 Å². The van der Waals surface area contributed by atoms with E-state index >= 15 is 0 Å². The lowest BCUT2D eigenvalue weighted by atomic mass is 10.1. The Kier molecular flexibility index (Phi) is 3.30. The van der Waals surface area contributed by atoms with Crippen LogP contribution in [0, 0.1) is 0 Å². The van der Waals surface area contributed by atoms with E-state index in [4.69, 9.17) is 22.6 Å². The Morgan fingerprint density at radius 2 is 2.00 bits per heavy atom. The van der Waals surface area contributed by atoms with Crippen molar-refractivity contribution in [3.63, 3.8) is 0 Å². The number of rotatable bonds is 2. The zero-order valence-electron chi connectivity index (χ0n) is 7.60. The van der Waals surface area contributed by atoms with E-state index in [0.717, 1.165) is 12.1 Å². The van der Waals surface area contributed by atoms with Crippen molar-refractivity contribution in [2.45, 2.75) is 6.18 Å². The highest BCUT2D eigenvalue weighted by Gasteiger charge is 2.38. The van der Waals surface area contributed by atoms with Crippen LogP contribution in [0.2, 0.25) is 5.02 Å². The highest BCUT2D eigenvalue weighted by molar-refractivity contribution is 6.34. The summed E-state index contributed by atoms with van der Waals surface area (Å²) in [5, 5.41) is 7.84. The highest BCUT2D eigenvalue weighted by Crippen LogP contribution is 2.40. The smallest absolute Gasteiger partial charge is 0.418 e. The molecule has 0 atom stereocenters. The lowest BCUT2D eigenvalue weighted by Gasteiger charge is -2.14. The lowest BCUT2D eigenvalue weighted by Crippen LogP contribution is -2.16. The minimum absolute atomic E-state index is 0.195. The van der Waals surface area contributed by atoms with Gasteiger partial charge in [-0.05, 0) is 12.1 Å². The Morgan fingerprint density at radius 1 is 1.44 bits per heavy atom. The van der Waals surface area contributed by atoms with E-state index in [9.17, 15) is 18.0 Å². The van der Waals surface area contributed by atoms with Crippen LogP contribution in [-0.2, 0) is 6.18 Å². The van der Waals surface area contributed by atoms with Gasteiger partial charge in [0.25, 0.3) is 0 Å². The van der Waals surface area contributed by atoms with E-state index in [1.165, 1.54) is 0 Å². The average molecular weight is 255 g/mol. The molecule has 4 nitrogen and oxygen atoms in total. The van der Waals surface area contributed by atoms with Gasteiger partial charge in [-0.1, -0.05) is 11.6 Å². The molecule has 1 aromatic carbocycles. The van der Waals surface area contributed by atoms with E-state index < -0.39 is 28.3 Å². The summed E-state index contributed by atoms with van der Waals surface area (Å²) >= 11 is 5.42. The Labute approximate surface area is 92.8 Å². The number of carbonyl (C=O) groups is 1. The topological polar surface area (TPSA) is 75.3 Å². The molecule has 0 aliphatic carbocycles. The molecule has 0 spiro atoms. The van der Waals surface area contributed by atoms with Crippen molar-refractivity contribution in [2.24, 2.45) is 5.84 Å². The number of nitrogens with one attached hydrogen (secondary N) is 1. The Hall–Kier alpha value is -1.47. The summed E-state index contributed by atoms with van der Waals surface area (Å²) in [5.41, 5.74) is -0.586. The number of carboxylic acid groups (broad SMARTS) is 1. The van der Waals surface area contributed by atoms with Gasteiger partial charge in [0.1, 0.15) is 0 Å². The van der Waals surface area contributed by atoms with Gasteiger partial charge in [-0.2, -0.15) is 13.2 Å². The molecule has 0 saturated carbocycles. The molecule has 0 aliphatic heterocycles. The predicted octanol–water partition coefficient (Wildman–Crippen LogP) is 2.34. The molecule has 0 aromatic heterocycles. The van der Waals surface area contributed by atoms with Crippen LogP contribution in [0.4, 0.5) is 18.9 Å². The second-order valence-electron chi connectivity index (χ2n) is 2.80. The third-order valence-electron chi connectivity index (χ3n) is 1.81. The van der Waals surface area contributed by atoms with E-state index in [-0.39, 0.29) is 5.69 Å². The molecule has 0 fully saturated rings. The maximum absolute atomic E-state index is 12.6. The minimum atomic E-state index is -4.86. The van der Waals surface area contributed by atoms with Gasteiger partial charge in [-0.15, -0.1) is 0 Å². The SMILES string of the molecule is NNc1ccc(C(=O)O)c(C(F)(F)F)c1Cl. The van der Waals surface area contributed by atoms with Crippen LogP contribution >= 0.6 is 11.6 Å². The summed E-state index contributed by atoms with van der Waals surface area (Å²) in [7, 11) is 0. The largest absolute Gasteiger partial charge is 0.478 e. The summed E-state index contributed by atoms with van der Waals surface area (Å²) in [5.74, 6) is 3.23. The molecular formula is C8H6ClF3N2O2. The van der Waals surface area contributed by atoms with Gasteiger partial charge >= 0.3 is 12.1 Å². The van der Waals surface area contributed by atoms with Crippen molar-refractivity contribution in [2.75, 3.05) is 5.43 Å². The number of nitrogens with two attached hydrogens (primary N) is 1. The molecule has 0 saturated heterocycles. The van der Waals surface area contributed by atoms with Crippen LogP contribution in [0.5, 0.6) is 0 Å². The molecule has 0 heterocycles. The third kappa shape index (κ3) is 2.20. The zero-order valence-corrected chi connectivity index (χ0v) is 8.36. The fourth-order valence-electron chi connectivity index (χ4n) is 1.14. The second kappa shape index (κ2) is 4.18. The number of hydrazine groups is 1. The van der Waals surface area contributed by atoms with Gasteiger partial charge in [-0.3, -0.25) is 5.84 Å². The molecule has 8 heteroatoms. The predicted molar refractivity (Wildman–Crippen MR) is 51.2 cm³/mol. The number of anilines is 1. The Morgan fingerprint density at radius 3 is 2.38 bits per heavy atom. The van der Waals surface area contributed by atoms with Crippen molar-refractivity contribution in [1.82, 2.24) is 0 Å². The van der Waals surface area contributed by atoms with Crippen LogP contribution in [0.3, 0.4) is 0 Å². The second-order valence-corrected chi connectivity index (χ2v) is 3.17. The van der Waals surface area contributed by atoms with Crippen molar-refractivity contribution in [3.05, 3.63) is 28.3 Å². The Bertz CT molecular complexity index is 434. The molecule has 4 N–H and O–H groups in total. The van der Waals surface area contributed by atoms with Crippen LogP contribution in [0.25, 0.3) is 0 Å². The summed E-state index contributed by atoms with van der Waals surface area (Å²) in [6.07, 6.45) is -4.86. The summed E-state index contributed by atoms with van der Waals surface area (Å²) in [4.78, 5) is 10.6. The van der Waals surface area contributed by atoms with Crippen LogP contribution in [0.15, 0.2) is 12.1 Å². The number of hydrogen-bond donors (Lipinski definition) is 3. The number of halogens is 4. The first-order chi connectivity index (χ1) is 7.29. The molecule has 0 bridgehead atoms. The van der Waals surface area contributed by atoms with Crippen molar-refractivity contribution >= 4 is 23.3 Å². The van der Waals surface area contributed by atoms with Gasteiger partial charge in [0.15, 0.2) is 0 Å². The fraction of sp³-hybridized carbons (Fsp3) is 0.125. The number of carboxylic acids is 1. The molecule has 0 radical (unpaired) electrons. The maximum atomic E-state index is 12.6. The number of alkyl halides is 3. The molecular weight excluding hydrogens is 249 g/mol. The van der Waals surface area contributed by atoms with Gasteiger partial charge in [0.05, 0.1) is 21.8 Å². The number of benzene rings is 1. The standard InChI is InChI=1S/C8H6ClF3N2O2/c9-6-4(14-13)2-1-3(7(15)16)5(6)8(10,11)12/h1-2,14H,13H2,(H,15,16). The van der Waals surface area contributed by atoms with Gasteiger partial charge in [0.2, 0.25) is 0 Å². The normalized spacial score (nSPS) is 11.3. The van der Waals surface area contributed by atoms with Gasteiger partial charge in [-0.25, -0.2) is 4.79 Å². The highest BCUT2D eigenvalue weighted by atomic mass is 35.5. The number of hydrogen-bond acceptors (Lipinski definition) is 3. The summed E-state index contributed by atoms with van der Waals surface area (Å²) in [6.45, 7) is 0. The van der Waals surface area contributed by atoms with E-state index in [2.05, 4.69) is 0 Å². The van der Waals surface area contributed by atoms with Crippen LogP contribution < -0.4 is 11.3 Å². The number of aromatic carboxylic acids is 1. The Balaban J connectivity index is 3.56. The average Bonchev–Trinajstić information content (AvgIpc) is 2.14. The molecule has 88 valence electrons. The monoisotopic (exact) mass is 254 g/mol. The molecule has 0 amide bonds. The first kappa shape index (κ1) is 12.6. The molecule has 0 unspecified atom stereocenters. The fourth-order valence-corrected chi connectivity index (χ4v) is 1.47. The first-order valence-electron chi connectivity index (χ1n) is 3.88. The molecule has 0 aliphatic rings.